The van der Waals surface area contributed by atoms with Crippen LogP contribution in [0.3, 0.4) is 0 Å². The molecule has 1 nitrogen and oxygen atoms in total. The van der Waals surface area contributed by atoms with Crippen LogP contribution < -0.4 is 5.32 Å². The van der Waals surface area contributed by atoms with E-state index in [1.807, 2.05) is 6.92 Å². The van der Waals surface area contributed by atoms with E-state index in [2.05, 4.69) is 5.32 Å². The molecule has 1 aromatic carbocycles. The SMILES string of the molecule is CCCNC(CCCC(F)(F)F)Cc1ccc(F)cc1F. The van der Waals surface area contributed by atoms with Crippen molar-refractivity contribution in [3.63, 3.8) is 0 Å². The summed E-state index contributed by atoms with van der Waals surface area (Å²) in [6, 6.07) is 3.05. The second-order valence-corrected chi connectivity index (χ2v) is 5.10. The monoisotopic (exact) mass is 309 g/mol. The fraction of sp³-hybridized carbons (Fsp3) is 0.600. The summed E-state index contributed by atoms with van der Waals surface area (Å²) in [5, 5.41) is 3.12. The van der Waals surface area contributed by atoms with E-state index in [0.29, 0.717) is 18.5 Å². The molecular formula is C15H20F5N. The Hall–Kier alpha value is -1.17. The quantitative estimate of drug-likeness (QED) is 0.692. The lowest BCUT2D eigenvalue weighted by Gasteiger charge is -2.19. The zero-order valence-electron chi connectivity index (χ0n) is 11.9. The third-order valence-electron chi connectivity index (χ3n) is 3.18. The molecule has 0 aliphatic heterocycles. The lowest BCUT2D eigenvalue weighted by Crippen LogP contribution is -2.32. The van der Waals surface area contributed by atoms with Gasteiger partial charge in [0.1, 0.15) is 11.6 Å². The van der Waals surface area contributed by atoms with E-state index >= 15 is 0 Å². The molecule has 0 saturated heterocycles. The molecule has 6 heteroatoms. The molecule has 0 aliphatic rings. The van der Waals surface area contributed by atoms with Crippen LogP contribution in [0.15, 0.2) is 18.2 Å². The molecule has 0 bridgehead atoms. The van der Waals surface area contributed by atoms with Crippen molar-refractivity contribution in [1.82, 2.24) is 5.32 Å². The van der Waals surface area contributed by atoms with Gasteiger partial charge in [0.15, 0.2) is 0 Å². The van der Waals surface area contributed by atoms with Crippen molar-refractivity contribution in [2.75, 3.05) is 6.54 Å². The first-order valence-electron chi connectivity index (χ1n) is 7.06. The molecule has 0 heterocycles. The maximum atomic E-state index is 13.6. The average Bonchev–Trinajstić information content (AvgIpc) is 2.37. The van der Waals surface area contributed by atoms with Gasteiger partial charge >= 0.3 is 6.18 Å². The van der Waals surface area contributed by atoms with Crippen LogP contribution in [0.1, 0.15) is 38.2 Å². The van der Waals surface area contributed by atoms with Gasteiger partial charge in [-0.3, -0.25) is 0 Å². The highest BCUT2D eigenvalue weighted by atomic mass is 19.4. The van der Waals surface area contributed by atoms with Crippen molar-refractivity contribution in [3.05, 3.63) is 35.4 Å². The molecule has 1 aromatic rings. The maximum absolute atomic E-state index is 13.6. The van der Waals surface area contributed by atoms with Crippen molar-refractivity contribution >= 4 is 0 Å². The van der Waals surface area contributed by atoms with Crippen LogP contribution >= 0.6 is 0 Å². The Kier molecular flexibility index (Phi) is 7.08. The predicted molar refractivity (Wildman–Crippen MR) is 72.0 cm³/mol. The van der Waals surface area contributed by atoms with E-state index < -0.39 is 24.2 Å². The molecule has 1 N–H and O–H groups in total. The van der Waals surface area contributed by atoms with Gasteiger partial charge in [0, 0.05) is 18.5 Å². The summed E-state index contributed by atoms with van der Waals surface area (Å²) in [4.78, 5) is 0. The summed E-state index contributed by atoms with van der Waals surface area (Å²) < 4.78 is 63.0. The molecule has 21 heavy (non-hydrogen) atoms. The average molecular weight is 309 g/mol. The number of halogens is 5. The van der Waals surface area contributed by atoms with Gasteiger partial charge in [-0.15, -0.1) is 0 Å². The summed E-state index contributed by atoms with van der Waals surface area (Å²) in [5.74, 6) is -1.32. The van der Waals surface area contributed by atoms with Crippen molar-refractivity contribution in [2.45, 2.75) is 51.2 Å². The maximum Gasteiger partial charge on any atom is 0.389 e. The first-order chi connectivity index (χ1) is 9.81. The zero-order valence-corrected chi connectivity index (χ0v) is 11.9. The molecule has 0 amide bonds. The first kappa shape index (κ1) is 17.9. The highest BCUT2D eigenvalue weighted by molar-refractivity contribution is 5.19. The van der Waals surface area contributed by atoms with E-state index in [-0.39, 0.29) is 18.9 Å². The minimum atomic E-state index is -4.17. The van der Waals surface area contributed by atoms with Gasteiger partial charge in [0.25, 0.3) is 0 Å². The Labute approximate surface area is 121 Å². The van der Waals surface area contributed by atoms with Gasteiger partial charge in [0.05, 0.1) is 0 Å². The molecule has 0 saturated carbocycles. The molecule has 0 aliphatic carbocycles. The second-order valence-electron chi connectivity index (χ2n) is 5.10. The van der Waals surface area contributed by atoms with Crippen molar-refractivity contribution in [1.29, 1.82) is 0 Å². The highest BCUT2D eigenvalue weighted by Crippen LogP contribution is 2.23. The topological polar surface area (TPSA) is 12.0 Å². The van der Waals surface area contributed by atoms with Crippen molar-refractivity contribution < 1.29 is 22.0 Å². The number of hydrogen-bond donors (Lipinski definition) is 1. The standard InChI is InChI=1S/C15H20F5N/c1-2-8-21-13(4-3-7-15(18,19)20)9-11-5-6-12(16)10-14(11)17/h5-6,10,13,21H,2-4,7-9H2,1H3. The largest absolute Gasteiger partial charge is 0.389 e. The molecule has 0 aromatic heterocycles. The van der Waals surface area contributed by atoms with Crippen LogP contribution in [0.5, 0.6) is 0 Å². The summed E-state index contributed by atoms with van der Waals surface area (Å²) in [6.07, 6.45) is -3.63. The molecule has 0 fully saturated rings. The van der Waals surface area contributed by atoms with Gasteiger partial charge < -0.3 is 5.32 Å². The lowest BCUT2D eigenvalue weighted by atomic mass is 10.00. The van der Waals surface area contributed by atoms with Gasteiger partial charge in [0.2, 0.25) is 0 Å². The van der Waals surface area contributed by atoms with Crippen LogP contribution in [-0.4, -0.2) is 18.8 Å². The first-order valence-corrected chi connectivity index (χ1v) is 7.06. The molecule has 0 spiro atoms. The van der Waals surface area contributed by atoms with Crippen LogP contribution in [0.4, 0.5) is 22.0 Å². The minimum absolute atomic E-state index is 0.00626. The Balaban J connectivity index is 2.60. The van der Waals surface area contributed by atoms with Gasteiger partial charge in [-0.25, -0.2) is 8.78 Å². The molecule has 120 valence electrons. The normalized spacial score (nSPS) is 13.4. The van der Waals surface area contributed by atoms with Crippen LogP contribution in [0.25, 0.3) is 0 Å². The number of alkyl halides is 3. The number of benzene rings is 1. The lowest BCUT2D eigenvalue weighted by molar-refractivity contribution is -0.135. The zero-order chi connectivity index (χ0) is 15.9. The fourth-order valence-corrected chi connectivity index (χ4v) is 2.13. The van der Waals surface area contributed by atoms with Crippen LogP contribution in [0.2, 0.25) is 0 Å². The molecule has 1 unspecified atom stereocenters. The minimum Gasteiger partial charge on any atom is -0.314 e. The van der Waals surface area contributed by atoms with E-state index in [1.165, 1.54) is 6.07 Å². The molecule has 0 radical (unpaired) electrons. The van der Waals surface area contributed by atoms with Crippen LogP contribution in [-0.2, 0) is 6.42 Å². The number of hydrogen-bond acceptors (Lipinski definition) is 1. The Morgan fingerprint density at radius 2 is 1.90 bits per heavy atom. The van der Waals surface area contributed by atoms with Gasteiger partial charge in [-0.05, 0) is 43.9 Å². The van der Waals surface area contributed by atoms with Crippen molar-refractivity contribution in [2.24, 2.45) is 0 Å². The fourth-order valence-electron chi connectivity index (χ4n) is 2.13. The molecule has 1 rings (SSSR count). The molecule has 1 atom stereocenters. The Morgan fingerprint density at radius 1 is 1.19 bits per heavy atom. The summed E-state index contributed by atoms with van der Waals surface area (Å²) in [6.45, 7) is 2.59. The smallest absolute Gasteiger partial charge is 0.314 e. The summed E-state index contributed by atoms with van der Waals surface area (Å²) in [5.41, 5.74) is 0.317. The van der Waals surface area contributed by atoms with Crippen molar-refractivity contribution in [3.8, 4) is 0 Å². The van der Waals surface area contributed by atoms with E-state index in [9.17, 15) is 22.0 Å². The summed E-state index contributed by atoms with van der Waals surface area (Å²) in [7, 11) is 0. The van der Waals surface area contributed by atoms with E-state index in [1.54, 1.807) is 0 Å². The van der Waals surface area contributed by atoms with Gasteiger partial charge in [-0.1, -0.05) is 13.0 Å². The second kappa shape index (κ2) is 8.32. The van der Waals surface area contributed by atoms with Crippen LogP contribution in [0, 0.1) is 11.6 Å². The van der Waals surface area contributed by atoms with E-state index in [4.69, 9.17) is 0 Å². The Bertz CT molecular complexity index is 431. The third kappa shape index (κ3) is 7.41. The third-order valence-corrected chi connectivity index (χ3v) is 3.18. The Morgan fingerprint density at radius 3 is 2.48 bits per heavy atom. The molecular weight excluding hydrogens is 289 g/mol. The van der Waals surface area contributed by atoms with Gasteiger partial charge in [-0.2, -0.15) is 13.2 Å². The number of rotatable bonds is 8. The van der Waals surface area contributed by atoms with E-state index in [0.717, 1.165) is 18.6 Å². The number of nitrogens with one attached hydrogen (secondary N) is 1. The predicted octanol–water partition coefficient (Wildman–Crippen LogP) is 4.61. The highest BCUT2D eigenvalue weighted by Gasteiger charge is 2.26. The summed E-state index contributed by atoms with van der Waals surface area (Å²) >= 11 is 0.